The number of aliphatic hydroxyl groups is 5. The van der Waals surface area contributed by atoms with Crippen LogP contribution in [-0.4, -0.2) is 108 Å². The van der Waals surface area contributed by atoms with Crippen LogP contribution < -0.4 is 10.1 Å². The van der Waals surface area contributed by atoms with Crippen molar-refractivity contribution in [1.82, 2.24) is 10.3 Å². The summed E-state index contributed by atoms with van der Waals surface area (Å²) in [6.45, 7) is -0.467. The van der Waals surface area contributed by atoms with Crippen molar-refractivity contribution in [3.63, 3.8) is 0 Å². The zero-order valence-electron chi connectivity index (χ0n) is 40.9. The maximum atomic E-state index is 15.7. The molecule has 14 heteroatoms. The van der Waals surface area contributed by atoms with Crippen molar-refractivity contribution >= 4 is 60.0 Å². The highest BCUT2D eigenvalue weighted by atomic mass is 33.1. The van der Waals surface area contributed by atoms with Crippen LogP contribution in [-0.2, 0) is 26.3 Å². The summed E-state index contributed by atoms with van der Waals surface area (Å²) in [7, 11) is 5.76. The van der Waals surface area contributed by atoms with Gasteiger partial charge in [-0.3, -0.25) is 0 Å². The highest BCUT2D eigenvalue weighted by Crippen LogP contribution is 2.83. The monoisotopic (exact) mass is 1020 g/mol. The molecule has 4 spiro atoms. The van der Waals surface area contributed by atoms with Crippen molar-refractivity contribution in [2.75, 3.05) is 18.6 Å². The number of esters is 1. The molecule has 20 unspecified atom stereocenters. The molecule has 0 radical (unpaired) electrons. The third-order valence-corrected chi connectivity index (χ3v) is 25.5. The molecule has 382 valence electrons. The van der Waals surface area contributed by atoms with E-state index in [-0.39, 0.29) is 52.8 Å². The van der Waals surface area contributed by atoms with Gasteiger partial charge in [-0.2, -0.15) is 0 Å². The Hall–Kier alpha value is -3.67. The molecule has 20 atom stereocenters. The minimum absolute atomic E-state index is 0.0897. The fourth-order valence-electron chi connectivity index (χ4n) is 20.7. The molecule has 73 heavy (non-hydrogen) atoms. The summed E-state index contributed by atoms with van der Waals surface area (Å²) in [6, 6.07) is 22.1. The topological polar surface area (TPSA) is 194 Å². The first-order valence-corrected chi connectivity index (χ1v) is 29.7. The molecule has 6 bridgehead atoms. The third-order valence-electron chi connectivity index (χ3n) is 23.0. The second kappa shape index (κ2) is 15.1. The molecule has 6 saturated carbocycles. The van der Waals surface area contributed by atoms with Crippen LogP contribution in [0, 0.1) is 57.7 Å². The highest BCUT2D eigenvalue weighted by Gasteiger charge is 2.90. The van der Waals surface area contributed by atoms with E-state index in [1.165, 1.54) is 11.1 Å². The van der Waals surface area contributed by atoms with Gasteiger partial charge in [-0.15, -0.1) is 0 Å². The van der Waals surface area contributed by atoms with Gasteiger partial charge < -0.3 is 55.2 Å². The second-order valence-corrected chi connectivity index (χ2v) is 27.4. The Morgan fingerprint density at radius 2 is 1.75 bits per heavy atom. The Bertz CT molecular complexity index is 3240. The maximum absolute atomic E-state index is 15.7. The maximum Gasteiger partial charge on any atom is 0.343 e. The zero-order chi connectivity index (χ0) is 49.3. The lowest BCUT2D eigenvalue weighted by atomic mass is 9.35. The molecular weight excluding hydrogens is 961 g/mol. The number of allylic oxidation sites excluding steroid dienone is 1. The Morgan fingerprint density at radius 1 is 0.918 bits per heavy atom. The van der Waals surface area contributed by atoms with Crippen LogP contribution >= 0.6 is 21.6 Å². The molecule has 0 amide bonds. The molecule has 1 aromatic heterocycles. The SMILES string of the molecule is CNC1CSSCC2c3cc(O)ccc3C34C(CCC35C(O)C1CC1C5OC3C(C(=O)Oc5c(CO)[nH]c6ccc7cc8ccccc8cc7c56)OC5(O)C(O)C67CCCC6C=CC1(C7)C35O)CC1CCC2C14. The second-order valence-electron chi connectivity index (χ2n) is 24.8. The van der Waals surface area contributed by atoms with E-state index in [1.807, 2.05) is 71.1 Å². The van der Waals surface area contributed by atoms with E-state index in [1.54, 1.807) is 0 Å². The number of ether oxygens (including phenoxy) is 3. The van der Waals surface area contributed by atoms with Crippen molar-refractivity contribution in [2.24, 2.45) is 57.7 Å². The number of aromatic nitrogens is 1. The number of hydrogen-bond acceptors (Lipinski definition) is 13. The van der Waals surface area contributed by atoms with Crippen LogP contribution in [0.5, 0.6) is 11.5 Å². The number of hydrogen-bond donors (Lipinski definition) is 8. The Labute approximate surface area is 431 Å². The molecule has 12 nitrogen and oxygen atoms in total. The minimum atomic E-state index is -2.65. The van der Waals surface area contributed by atoms with Gasteiger partial charge in [-0.1, -0.05) is 76.6 Å². The van der Waals surface area contributed by atoms with E-state index in [0.717, 1.165) is 71.6 Å². The summed E-state index contributed by atoms with van der Waals surface area (Å²) in [4.78, 5) is 19.0. The Kier molecular flexibility index (Phi) is 9.40. The van der Waals surface area contributed by atoms with Gasteiger partial charge in [0.1, 0.15) is 18.0 Å². The third kappa shape index (κ3) is 5.12. The number of nitrogens with one attached hydrogen (secondary N) is 2. The van der Waals surface area contributed by atoms with Gasteiger partial charge in [-0.25, -0.2) is 4.79 Å². The summed E-state index contributed by atoms with van der Waals surface area (Å²) in [5.74, 6) is -0.824. The number of carbonyl (C=O) groups excluding carboxylic acids is 1. The molecule has 3 saturated heterocycles. The van der Waals surface area contributed by atoms with Crippen LogP contribution in [0.25, 0.3) is 32.4 Å². The van der Waals surface area contributed by atoms with Crippen molar-refractivity contribution < 1.29 is 49.6 Å². The minimum Gasteiger partial charge on any atom is -0.508 e. The number of aromatic hydroxyl groups is 1. The number of H-pyrrole nitrogens is 1. The average Bonchev–Trinajstić information content (AvgIpc) is 4.25. The lowest BCUT2D eigenvalue weighted by Gasteiger charge is -2.74. The lowest BCUT2D eigenvalue weighted by molar-refractivity contribution is -0.414. The smallest absolute Gasteiger partial charge is 0.343 e. The normalized spacial score (nSPS) is 47.2. The summed E-state index contributed by atoms with van der Waals surface area (Å²) >= 11 is 0. The first kappa shape index (κ1) is 45.5. The number of aromatic amines is 1. The van der Waals surface area contributed by atoms with Crippen molar-refractivity contribution in [2.45, 2.75) is 130 Å². The van der Waals surface area contributed by atoms with Gasteiger partial charge in [0.15, 0.2) is 17.5 Å². The number of carbonyl (C=O) groups is 1. The number of aliphatic hydroxyl groups excluding tert-OH is 3. The van der Waals surface area contributed by atoms with E-state index in [4.69, 9.17) is 14.2 Å². The van der Waals surface area contributed by atoms with Gasteiger partial charge in [0.2, 0.25) is 5.79 Å². The predicted molar refractivity (Wildman–Crippen MR) is 278 cm³/mol. The molecule has 5 heterocycles. The van der Waals surface area contributed by atoms with Crippen LogP contribution in [0.3, 0.4) is 0 Å². The Morgan fingerprint density at radius 3 is 2.59 bits per heavy atom. The highest BCUT2D eigenvalue weighted by molar-refractivity contribution is 8.76. The number of rotatable bonds is 4. The van der Waals surface area contributed by atoms with Crippen LogP contribution in [0.2, 0.25) is 0 Å². The van der Waals surface area contributed by atoms with E-state index in [9.17, 15) is 30.6 Å². The number of phenols is 1. The number of fused-ring (bicyclic) bond motifs is 9. The van der Waals surface area contributed by atoms with E-state index < -0.39 is 82.1 Å². The first-order chi connectivity index (χ1) is 35.4. The molecular formula is C59H64N2O10S2. The van der Waals surface area contributed by atoms with Gasteiger partial charge in [-0.05, 0) is 169 Å². The summed E-state index contributed by atoms with van der Waals surface area (Å²) in [6.07, 6.45) is 5.89. The lowest BCUT2D eigenvalue weighted by Crippen LogP contribution is -2.85. The van der Waals surface area contributed by atoms with E-state index in [0.29, 0.717) is 48.4 Å². The average molecular weight is 1030 g/mol. The van der Waals surface area contributed by atoms with Gasteiger partial charge in [0, 0.05) is 45.1 Å². The quantitative estimate of drug-likeness (QED) is 0.0378. The predicted octanol–water partition coefficient (Wildman–Crippen LogP) is 7.73. The van der Waals surface area contributed by atoms with Crippen molar-refractivity contribution in [3.05, 3.63) is 95.7 Å². The number of benzene rings is 4. The molecule has 8 N–H and O–H groups in total. The summed E-state index contributed by atoms with van der Waals surface area (Å²) in [5, 5.41) is 85.6. The molecule has 4 aromatic carbocycles. The van der Waals surface area contributed by atoms with Gasteiger partial charge in [0.05, 0.1) is 35.4 Å². The standard InChI is InChI=1S/C59H64N2O10S2/c1-60-44-26-73-72-25-39-35-11-8-31-20-33-15-18-56(57(33,46(31)35)40-12-10-34(63)22-37(39)40)49(64)38(44)23-41-50(56)70-51-48(71-59(68)53(66)54-16-4-7-32(54)14-17-55(41,27-54)58(51,59)67)52(65)69-47-43(24-62)61-42-13-9-30-19-28-5-2-3-6-29(28)21-36(30)45(42)47/h2-3,5-6,9-10,12-14,17,19,21-22,31-33,35,38-39,41,44,46,48-51,53,60-64,66-68H,4,7-8,11,15-16,18,20,23-27H2,1H3. The molecule has 17 rings (SSSR count). The van der Waals surface area contributed by atoms with Crippen LogP contribution in [0.4, 0.5) is 0 Å². The van der Waals surface area contributed by atoms with Gasteiger partial charge >= 0.3 is 5.97 Å². The summed E-state index contributed by atoms with van der Waals surface area (Å²) < 4.78 is 21.3. The van der Waals surface area contributed by atoms with E-state index >= 15 is 4.79 Å². The Balaban J connectivity index is 0.922. The molecule has 5 aromatic rings. The largest absolute Gasteiger partial charge is 0.508 e. The fourth-order valence-corrected chi connectivity index (χ4v) is 23.5. The molecule has 9 fully saturated rings. The fraction of sp³-hybridized carbons (Fsp3) is 0.576. The zero-order valence-corrected chi connectivity index (χ0v) is 42.5. The van der Waals surface area contributed by atoms with E-state index in [2.05, 4.69) is 46.7 Å². The molecule has 12 aliphatic rings. The van der Waals surface area contributed by atoms with Crippen LogP contribution in [0.1, 0.15) is 86.9 Å². The summed E-state index contributed by atoms with van der Waals surface area (Å²) in [5.41, 5.74) is -2.59. The molecule has 4 aliphatic heterocycles. The van der Waals surface area contributed by atoms with Crippen LogP contribution in [0.15, 0.2) is 78.9 Å². The van der Waals surface area contributed by atoms with Gasteiger partial charge in [0.25, 0.3) is 0 Å². The first-order valence-electron chi connectivity index (χ1n) is 27.3. The van der Waals surface area contributed by atoms with Crippen molar-refractivity contribution in [1.29, 1.82) is 0 Å². The number of phenolic OH excluding ortho intramolecular Hbond substituents is 1. The van der Waals surface area contributed by atoms with Crippen molar-refractivity contribution in [3.8, 4) is 11.5 Å². The molecule has 8 aliphatic carbocycles.